The number of allylic oxidation sites excluding steroid dienone is 2. The van der Waals surface area contributed by atoms with Crippen molar-refractivity contribution in [3.05, 3.63) is 91.8 Å². The molecule has 1 amide bonds. The van der Waals surface area contributed by atoms with Gasteiger partial charge in [-0.2, -0.15) is 5.10 Å². The van der Waals surface area contributed by atoms with Crippen LogP contribution in [0.15, 0.2) is 53.3 Å². The topological polar surface area (TPSA) is 163 Å². The van der Waals surface area contributed by atoms with Crippen molar-refractivity contribution in [2.45, 2.75) is 53.5 Å². The van der Waals surface area contributed by atoms with Gasteiger partial charge in [0.1, 0.15) is 29.5 Å². The summed E-state index contributed by atoms with van der Waals surface area (Å²) in [5, 5.41) is 16.8. The van der Waals surface area contributed by atoms with E-state index < -0.39 is 5.97 Å². The van der Waals surface area contributed by atoms with Gasteiger partial charge in [-0.05, 0) is 94.5 Å². The molecular formula is C44H51Cl2N7O6. The zero-order chi connectivity index (χ0) is 42.3. The number of carbonyl (C=O) groups excluding carboxylic acids is 1. The first-order valence-corrected chi connectivity index (χ1v) is 20.5. The Hall–Kier alpha value is -5.21. The van der Waals surface area contributed by atoms with Crippen LogP contribution in [-0.2, 0) is 18.2 Å². The number of nitrogens with zero attached hydrogens (tertiary/aromatic N) is 5. The summed E-state index contributed by atoms with van der Waals surface area (Å²) in [6.07, 6.45) is 1.08. The van der Waals surface area contributed by atoms with Crippen LogP contribution in [0.1, 0.15) is 76.5 Å². The van der Waals surface area contributed by atoms with Crippen LogP contribution in [-0.4, -0.2) is 89.3 Å². The van der Waals surface area contributed by atoms with Crippen LogP contribution in [0, 0.1) is 13.8 Å². The van der Waals surface area contributed by atoms with Crippen LogP contribution in [0.4, 0.5) is 5.69 Å². The predicted octanol–water partition coefficient (Wildman–Crippen LogP) is 7.72. The minimum atomic E-state index is -1.07. The Morgan fingerprint density at radius 2 is 1.68 bits per heavy atom. The van der Waals surface area contributed by atoms with Crippen molar-refractivity contribution in [1.82, 2.24) is 14.0 Å². The third-order valence-electron chi connectivity index (χ3n) is 11.4. The maximum absolute atomic E-state index is 15.4. The maximum atomic E-state index is 15.4. The van der Waals surface area contributed by atoms with Crippen LogP contribution < -0.4 is 25.9 Å². The molecule has 312 valence electrons. The molecule has 1 fully saturated rings. The van der Waals surface area contributed by atoms with Crippen molar-refractivity contribution < 1.29 is 28.9 Å². The summed E-state index contributed by atoms with van der Waals surface area (Å²) in [5.74, 6) is 5.79. The average Bonchev–Trinajstić information content (AvgIpc) is 3.72. The molecule has 5 N–H and O–H groups in total. The van der Waals surface area contributed by atoms with E-state index in [2.05, 4.69) is 21.5 Å². The SMILES string of the molecule is CC(=NN)C(=C(C)N)c1c(Cl)ccc2c(CCCOc3cc(C)c(Cl)c(C)c3)c3n(c12)[C@H](C)CN(c1cc(OCCN2CCOCC2)cc2cc(C(=O)O)n(C)c12)C3=O. The van der Waals surface area contributed by atoms with Gasteiger partial charge in [0.05, 0.1) is 47.3 Å². The minimum Gasteiger partial charge on any atom is -0.494 e. The normalized spacial score (nSPS) is 16.8. The number of aryl methyl sites for hydroxylation is 4. The van der Waals surface area contributed by atoms with Gasteiger partial charge in [0, 0.05) is 78.0 Å². The van der Waals surface area contributed by atoms with Gasteiger partial charge in [0.2, 0.25) is 0 Å². The van der Waals surface area contributed by atoms with E-state index in [0.29, 0.717) is 106 Å². The number of benzene rings is 3. The van der Waals surface area contributed by atoms with E-state index in [0.717, 1.165) is 46.4 Å². The molecule has 2 aliphatic rings. The Bertz CT molecular complexity index is 2510. The Morgan fingerprint density at radius 3 is 2.34 bits per heavy atom. The molecule has 4 heterocycles. The number of halogens is 2. The summed E-state index contributed by atoms with van der Waals surface area (Å²) >= 11 is 13.5. The highest BCUT2D eigenvalue weighted by Crippen LogP contribution is 2.44. The number of morpholine rings is 1. The second-order valence-electron chi connectivity index (χ2n) is 15.5. The number of carbonyl (C=O) groups is 2. The molecule has 59 heavy (non-hydrogen) atoms. The van der Waals surface area contributed by atoms with E-state index in [9.17, 15) is 9.90 Å². The lowest BCUT2D eigenvalue weighted by atomic mass is 9.96. The number of hydrogen-bond donors (Lipinski definition) is 3. The highest BCUT2D eigenvalue weighted by molar-refractivity contribution is 6.38. The third-order valence-corrected chi connectivity index (χ3v) is 12.3. The van der Waals surface area contributed by atoms with E-state index >= 15 is 4.79 Å². The molecule has 13 nitrogen and oxygen atoms in total. The molecule has 5 aromatic rings. The molecule has 0 bridgehead atoms. The largest absolute Gasteiger partial charge is 0.494 e. The molecule has 1 atom stereocenters. The van der Waals surface area contributed by atoms with Gasteiger partial charge in [-0.15, -0.1) is 0 Å². The molecule has 15 heteroatoms. The van der Waals surface area contributed by atoms with Crippen molar-refractivity contribution in [2.75, 3.05) is 57.5 Å². The Labute approximate surface area is 353 Å². The number of hydrogen-bond acceptors (Lipinski definition) is 9. The van der Waals surface area contributed by atoms with Gasteiger partial charge >= 0.3 is 5.97 Å². The van der Waals surface area contributed by atoms with E-state index in [1.165, 1.54) is 0 Å². The molecule has 2 aromatic heterocycles. The standard InChI is InChI=1S/C44H51Cl2N7O6/c1-24-18-30(19-25(2)39(24)46)58-14-7-8-32-33-9-10-34(45)38(37(27(4)47)28(5)49-48)41(33)53-26(3)23-52(43(54)42(32)53)35-22-31(59-17-13-51-11-15-57-16-12-51)20-29-21-36(44(55)56)50(6)40(29)35/h9-10,18-22,26H,7-8,11-17,23,47-48H2,1-6H3,(H,55,56)/t26-/m1/s1. The molecule has 7 rings (SSSR count). The number of rotatable bonds is 13. The first-order chi connectivity index (χ1) is 28.2. The number of amides is 1. The number of carboxylic acid groups (broad SMARTS) is 1. The van der Waals surface area contributed by atoms with Crippen LogP contribution in [0.3, 0.4) is 0 Å². The van der Waals surface area contributed by atoms with Crippen LogP contribution in [0.5, 0.6) is 11.5 Å². The summed E-state index contributed by atoms with van der Waals surface area (Å²) < 4.78 is 21.8. The Kier molecular flexibility index (Phi) is 12.2. The molecular weight excluding hydrogens is 793 g/mol. The third kappa shape index (κ3) is 7.96. The van der Waals surface area contributed by atoms with E-state index in [1.54, 1.807) is 36.4 Å². The number of fused-ring (bicyclic) bond motifs is 4. The van der Waals surface area contributed by atoms with E-state index in [-0.39, 0.29) is 24.2 Å². The maximum Gasteiger partial charge on any atom is 0.352 e. The number of aromatic carboxylic acids is 1. The number of nitrogens with two attached hydrogens (primary N) is 2. The number of ether oxygens (including phenoxy) is 3. The van der Waals surface area contributed by atoms with E-state index in [4.69, 9.17) is 49.0 Å². The smallest absolute Gasteiger partial charge is 0.352 e. The zero-order valence-corrected chi connectivity index (χ0v) is 35.8. The first-order valence-electron chi connectivity index (χ1n) is 19.8. The van der Waals surface area contributed by atoms with Crippen molar-refractivity contribution in [3.63, 3.8) is 0 Å². The highest BCUT2D eigenvalue weighted by Gasteiger charge is 2.38. The lowest BCUT2D eigenvalue weighted by Crippen LogP contribution is -2.43. The summed E-state index contributed by atoms with van der Waals surface area (Å²) in [5.41, 5.74) is 14.0. The molecule has 2 aliphatic heterocycles. The average molecular weight is 845 g/mol. The van der Waals surface area contributed by atoms with Crippen LogP contribution in [0.25, 0.3) is 27.4 Å². The van der Waals surface area contributed by atoms with Crippen molar-refractivity contribution in [2.24, 2.45) is 23.7 Å². The monoisotopic (exact) mass is 843 g/mol. The predicted molar refractivity (Wildman–Crippen MR) is 235 cm³/mol. The molecule has 3 aromatic carbocycles. The van der Waals surface area contributed by atoms with Gasteiger partial charge in [-0.3, -0.25) is 9.69 Å². The lowest BCUT2D eigenvalue weighted by Gasteiger charge is -2.35. The molecule has 0 spiro atoms. The molecule has 1 saturated heterocycles. The summed E-state index contributed by atoms with van der Waals surface area (Å²) in [6, 6.07) is 12.7. The summed E-state index contributed by atoms with van der Waals surface area (Å²) in [7, 11) is 1.71. The van der Waals surface area contributed by atoms with Gasteiger partial charge in [0.15, 0.2) is 0 Å². The minimum absolute atomic E-state index is 0.0952. The Balaban J connectivity index is 1.35. The number of carboxylic acids is 1. The van der Waals surface area contributed by atoms with E-state index in [1.807, 2.05) is 50.2 Å². The molecule has 0 aliphatic carbocycles. The van der Waals surface area contributed by atoms with Crippen LogP contribution in [0.2, 0.25) is 10.0 Å². The quantitative estimate of drug-likeness (QED) is 0.0466. The summed E-state index contributed by atoms with van der Waals surface area (Å²) in [4.78, 5) is 31.8. The van der Waals surface area contributed by atoms with Gasteiger partial charge in [-0.25, -0.2) is 4.79 Å². The highest BCUT2D eigenvalue weighted by atomic mass is 35.5. The lowest BCUT2D eigenvalue weighted by molar-refractivity contribution is 0.0322. The molecule has 0 saturated carbocycles. The Morgan fingerprint density at radius 1 is 1.00 bits per heavy atom. The van der Waals surface area contributed by atoms with Crippen molar-refractivity contribution >= 4 is 73.9 Å². The van der Waals surface area contributed by atoms with Gasteiger partial charge < -0.3 is 44.9 Å². The zero-order valence-electron chi connectivity index (χ0n) is 34.3. The second-order valence-corrected chi connectivity index (χ2v) is 16.2. The number of aromatic nitrogens is 2. The van der Waals surface area contributed by atoms with Crippen molar-refractivity contribution in [1.29, 1.82) is 0 Å². The fraction of sp³-hybridized carbons (Fsp3) is 0.386. The van der Waals surface area contributed by atoms with Gasteiger partial charge in [-0.1, -0.05) is 29.3 Å². The fourth-order valence-corrected chi connectivity index (χ4v) is 8.95. The molecule has 0 radical (unpaired) electrons. The molecule has 0 unspecified atom stereocenters. The fourth-order valence-electron chi connectivity index (χ4n) is 8.60. The number of anilines is 1. The first kappa shape index (κ1) is 41.9. The summed E-state index contributed by atoms with van der Waals surface area (Å²) in [6.45, 7) is 14.3. The van der Waals surface area contributed by atoms with Gasteiger partial charge in [0.25, 0.3) is 5.91 Å². The van der Waals surface area contributed by atoms with Crippen LogP contribution >= 0.6 is 23.2 Å². The number of hydrazone groups is 1. The van der Waals surface area contributed by atoms with Crippen molar-refractivity contribution in [3.8, 4) is 11.5 Å². The second kappa shape index (κ2) is 17.2.